The number of imide groups is 1. The SMILES string of the molecule is CC(C)NC(=O)NC(=O)CN1CCN(C(C)C(=O)O)CC1. The summed E-state index contributed by atoms with van der Waals surface area (Å²) in [6.45, 7) is 7.83. The van der Waals surface area contributed by atoms with Crippen molar-refractivity contribution in [3.63, 3.8) is 0 Å². The summed E-state index contributed by atoms with van der Waals surface area (Å²) in [5, 5.41) is 13.8. The minimum atomic E-state index is -0.841. The van der Waals surface area contributed by atoms with Crippen molar-refractivity contribution in [3.8, 4) is 0 Å². The monoisotopic (exact) mass is 300 g/mol. The van der Waals surface area contributed by atoms with Crippen molar-refractivity contribution >= 4 is 17.9 Å². The maximum Gasteiger partial charge on any atom is 0.321 e. The Labute approximate surface area is 124 Å². The normalized spacial score (nSPS) is 18.3. The van der Waals surface area contributed by atoms with Crippen LogP contribution in [0.25, 0.3) is 0 Å². The topological polar surface area (TPSA) is 102 Å². The van der Waals surface area contributed by atoms with Crippen LogP contribution in [0.2, 0.25) is 0 Å². The molecule has 1 aliphatic heterocycles. The molecule has 0 spiro atoms. The first-order valence-electron chi connectivity index (χ1n) is 7.09. The second-order valence-corrected chi connectivity index (χ2v) is 5.50. The van der Waals surface area contributed by atoms with Crippen LogP contribution in [0.4, 0.5) is 4.79 Å². The van der Waals surface area contributed by atoms with Crippen LogP contribution in [-0.4, -0.2) is 77.6 Å². The van der Waals surface area contributed by atoms with Crippen molar-refractivity contribution in [2.75, 3.05) is 32.7 Å². The van der Waals surface area contributed by atoms with Gasteiger partial charge < -0.3 is 10.4 Å². The highest BCUT2D eigenvalue weighted by molar-refractivity contribution is 5.95. The molecule has 8 nitrogen and oxygen atoms in total. The lowest BCUT2D eigenvalue weighted by molar-refractivity contribution is -0.143. The van der Waals surface area contributed by atoms with Gasteiger partial charge in [0.05, 0.1) is 6.54 Å². The fourth-order valence-electron chi connectivity index (χ4n) is 2.13. The van der Waals surface area contributed by atoms with Gasteiger partial charge in [-0.2, -0.15) is 0 Å². The third-order valence-electron chi connectivity index (χ3n) is 3.35. The zero-order valence-electron chi connectivity index (χ0n) is 12.8. The largest absolute Gasteiger partial charge is 0.480 e. The number of carboxylic acid groups (broad SMARTS) is 1. The molecule has 3 amide bonds. The van der Waals surface area contributed by atoms with E-state index in [9.17, 15) is 14.4 Å². The molecule has 21 heavy (non-hydrogen) atoms. The first kappa shape index (κ1) is 17.4. The number of hydrogen-bond donors (Lipinski definition) is 3. The van der Waals surface area contributed by atoms with Gasteiger partial charge in [-0.1, -0.05) is 0 Å². The molecule has 0 radical (unpaired) electrons. The number of piperazine rings is 1. The maximum atomic E-state index is 11.7. The van der Waals surface area contributed by atoms with Crippen LogP contribution < -0.4 is 10.6 Å². The molecular weight excluding hydrogens is 276 g/mol. The van der Waals surface area contributed by atoms with Gasteiger partial charge in [-0.25, -0.2) is 4.79 Å². The lowest BCUT2D eigenvalue weighted by Gasteiger charge is -2.36. The second-order valence-electron chi connectivity index (χ2n) is 5.50. The average molecular weight is 300 g/mol. The fraction of sp³-hybridized carbons (Fsp3) is 0.769. The highest BCUT2D eigenvalue weighted by Crippen LogP contribution is 2.06. The number of nitrogens with one attached hydrogen (secondary N) is 2. The summed E-state index contributed by atoms with van der Waals surface area (Å²) < 4.78 is 0. The van der Waals surface area contributed by atoms with E-state index in [0.717, 1.165) is 0 Å². The number of aliphatic carboxylic acids is 1. The summed E-state index contributed by atoms with van der Waals surface area (Å²) in [5.41, 5.74) is 0. The summed E-state index contributed by atoms with van der Waals surface area (Å²) in [5.74, 6) is -1.19. The first-order valence-corrected chi connectivity index (χ1v) is 7.09. The molecule has 1 unspecified atom stereocenters. The Kier molecular flexibility index (Phi) is 6.57. The number of carbonyl (C=O) groups is 3. The molecule has 0 aromatic heterocycles. The van der Waals surface area contributed by atoms with E-state index < -0.39 is 18.0 Å². The van der Waals surface area contributed by atoms with Crippen LogP contribution >= 0.6 is 0 Å². The van der Waals surface area contributed by atoms with Crippen molar-refractivity contribution in [1.29, 1.82) is 0 Å². The van der Waals surface area contributed by atoms with E-state index in [1.54, 1.807) is 6.92 Å². The summed E-state index contributed by atoms with van der Waals surface area (Å²) in [6.07, 6.45) is 0. The fourth-order valence-corrected chi connectivity index (χ4v) is 2.13. The number of hydrogen-bond acceptors (Lipinski definition) is 5. The number of carbonyl (C=O) groups excluding carboxylic acids is 2. The second kappa shape index (κ2) is 7.94. The zero-order valence-corrected chi connectivity index (χ0v) is 12.8. The van der Waals surface area contributed by atoms with Crippen molar-refractivity contribution in [1.82, 2.24) is 20.4 Å². The number of rotatable bonds is 5. The van der Waals surface area contributed by atoms with Gasteiger partial charge in [0.2, 0.25) is 5.91 Å². The molecule has 1 fully saturated rings. The molecule has 1 atom stereocenters. The highest BCUT2D eigenvalue weighted by atomic mass is 16.4. The minimum absolute atomic E-state index is 0.0288. The van der Waals surface area contributed by atoms with Gasteiger partial charge in [0, 0.05) is 32.2 Å². The van der Waals surface area contributed by atoms with Crippen molar-refractivity contribution in [2.24, 2.45) is 0 Å². The van der Waals surface area contributed by atoms with Gasteiger partial charge in [-0.05, 0) is 20.8 Å². The van der Waals surface area contributed by atoms with E-state index in [4.69, 9.17) is 5.11 Å². The minimum Gasteiger partial charge on any atom is -0.480 e. The number of amides is 3. The van der Waals surface area contributed by atoms with Crippen LogP contribution in [0.5, 0.6) is 0 Å². The Hall–Kier alpha value is -1.67. The Balaban J connectivity index is 2.30. The maximum absolute atomic E-state index is 11.7. The third-order valence-corrected chi connectivity index (χ3v) is 3.35. The van der Waals surface area contributed by atoms with Gasteiger partial charge in [-0.3, -0.25) is 24.7 Å². The molecule has 0 saturated carbocycles. The van der Waals surface area contributed by atoms with Crippen molar-refractivity contribution in [3.05, 3.63) is 0 Å². The molecular formula is C13H24N4O4. The Morgan fingerprint density at radius 3 is 2.14 bits per heavy atom. The van der Waals surface area contributed by atoms with Crippen LogP contribution in [0.1, 0.15) is 20.8 Å². The van der Waals surface area contributed by atoms with Crippen LogP contribution in [0.15, 0.2) is 0 Å². The molecule has 1 rings (SSSR count). The van der Waals surface area contributed by atoms with Gasteiger partial charge >= 0.3 is 12.0 Å². The zero-order chi connectivity index (χ0) is 16.0. The molecule has 0 aromatic carbocycles. The quantitative estimate of drug-likeness (QED) is 0.621. The summed E-state index contributed by atoms with van der Waals surface area (Å²) in [4.78, 5) is 37.8. The Bertz CT molecular complexity index is 392. The summed E-state index contributed by atoms with van der Waals surface area (Å²) in [6, 6.07) is -1.04. The molecule has 1 saturated heterocycles. The lowest BCUT2D eigenvalue weighted by atomic mass is 10.2. The van der Waals surface area contributed by atoms with E-state index in [1.165, 1.54) is 0 Å². The first-order chi connectivity index (χ1) is 9.79. The van der Waals surface area contributed by atoms with E-state index in [-0.39, 0.29) is 18.5 Å². The predicted molar refractivity (Wildman–Crippen MR) is 76.9 cm³/mol. The molecule has 0 bridgehead atoms. The molecule has 120 valence electrons. The van der Waals surface area contributed by atoms with Crippen molar-refractivity contribution < 1.29 is 19.5 Å². The number of nitrogens with zero attached hydrogens (tertiary/aromatic N) is 2. The third kappa shape index (κ3) is 6.09. The Morgan fingerprint density at radius 2 is 1.67 bits per heavy atom. The van der Waals surface area contributed by atoms with E-state index >= 15 is 0 Å². The summed E-state index contributed by atoms with van der Waals surface area (Å²) in [7, 11) is 0. The van der Waals surface area contributed by atoms with Gasteiger partial charge in [0.25, 0.3) is 0 Å². The average Bonchev–Trinajstić information content (AvgIpc) is 2.37. The standard InChI is InChI=1S/C13H24N4O4/c1-9(2)14-13(21)15-11(18)8-16-4-6-17(7-5-16)10(3)12(19)20/h9-10H,4-8H2,1-3H3,(H,19,20)(H2,14,15,18,21). The van der Waals surface area contributed by atoms with Gasteiger partial charge in [-0.15, -0.1) is 0 Å². The summed E-state index contributed by atoms with van der Waals surface area (Å²) >= 11 is 0. The molecule has 8 heteroatoms. The van der Waals surface area contributed by atoms with Gasteiger partial charge in [0.1, 0.15) is 6.04 Å². The number of urea groups is 1. The van der Waals surface area contributed by atoms with Crippen LogP contribution in [0, 0.1) is 0 Å². The van der Waals surface area contributed by atoms with Crippen molar-refractivity contribution in [2.45, 2.75) is 32.9 Å². The van der Waals surface area contributed by atoms with Crippen LogP contribution in [0.3, 0.4) is 0 Å². The van der Waals surface area contributed by atoms with E-state index in [1.807, 2.05) is 23.6 Å². The highest BCUT2D eigenvalue weighted by Gasteiger charge is 2.26. The molecule has 0 aliphatic carbocycles. The molecule has 1 heterocycles. The van der Waals surface area contributed by atoms with Crippen LogP contribution in [-0.2, 0) is 9.59 Å². The van der Waals surface area contributed by atoms with Gasteiger partial charge in [0.15, 0.2) is 0 Å². The van der Waals surface area contributed by atoms with E-state index in [0.29, 0.717) is 26.2 Å². The lowest BCUT2D eigenvalue weighted by Crippen LogP contribution is -2.54. The van der Waals surface area contributed by atoms with E-state index in [2.05, 4.69) is 10.6 Å². The molecule has 0 aromatic rings. The number of carboxylic acids is 1. The molecule has 1 aliphatic rings. The molecule has 3 N–H and O–H groups in total. The smallest absolute Gasteiger partial charge is 0.321 e. The predicted octanol–water partition coefficient (Wildman–Crippen LogP) is -0.689. The Morgan fingerprint density at radius 1 is 1.10 bits per heavy atom.